The van der Waals surface area contributed by atoms with Crippen LogP contribution in [-0.4, -0.2) is 0 Å². The van der Waals surface area contributed by atoms with Crippen LogP contribution in [0.1, 0.15) is 129 Å². The van der Waals surface area contributed by atoms with Gasteiger partial charge in [-0.2, -0.15) is 0 Å². The Labute approximate surface area is 273 Å². The minimum atomic E-state index is 0.463. The van der Waals surface area contributed by atoms with E-state index in [9.17, 15) is 0 Å². The molecule has 5 rings (SSSR count). The van der Waals surface area contributed by atoms with Crippen LogP contribution in [0.3, 0.4) is 0 Å². The molecule has 0 heterocycles. The third kappa shape index (κ3) is 9.07. The number of benzene rings is 5. The summed E-state index contributed by atoms with van der Waals surface area (Å²) in [7, 11) is 0. The fourth-order valence-corrected chi connectivity index (χ4v) is 7.35. The molecule has 0 aromatic heterocycles. The van der Waals surface area contributed by atoms with Crippen molar-refractivity contribution < 1.29 is 0 Å². The van der Waals surface area contributed by atoms with Crippen molar-refractivity contribution in [3.05, 3.63) is 179 Å². The van der Waals surface area contributed by atoms with E-state index in [0.29, 0.717) is 35.5 Å². The van der Waals surface area contributed by atoms with Crippen LogP contribution in [0.25, 0.3) is 0 Å². The first kappa shape index (κ1) is 32.5. The smallest absolute Gasteiger partial charge is 0.0150 e. The first-order valence-corrected chi connectivity index (χ1v) is 17.3. The Morgan fingerprint density at radius 1 is 0.333 bits per heavy atom. The fourth-order valence-electron chi connectivity index (χ4n) is 7.35. The van der Waals surface area contributed by atoms with E-state index in [4.69, 9.17) is 0 Å². The lowest BCUT2D eigenvalue weighted by molar-refractivity contribution is 0.406. The third-order valence-corrected chi connectivity index (χ3v) is 10.1. The van der Waals surface area contributed by atoms with Crippen molar-refractivity contribution in [2.45, 2.75) is 95.3 Å². The highest BCUT2D eigenvalue weighted by atomic mass is 14.3. The number of rotatable bonds is 15. The zero-order valence-electron chi connectivity index (χ0n) is 27.9. The van der Waals surface area contributed by atoms with E-state index in [0.717, 1.165) is 25.7 Å². The molecule has 0 heteroatoms. The van der Waals surface area contributed by atoms with Gasteiger partial charge < -0.3 is 0 Å². The molecule has 0 saturated carbocycles. The van der Waals surface area contributed by atoms with E-state index in [2.05, 4.69) is 173 Å². The molecule has 0 bridgehead atoms. The zero-order valence-corrected chi connectivity index (χ0v) is 27.9. The molecule has 0 aliphatic rings. The van der Waals surface area contributed by atoms with Gasteiger partial charge >= 0.3 is 0 Å². The second-order valence-electron chi connectivity index (χ2n) is 13.5. The average molecular weight is 593 g/mol. The molecule has 5 aromatic carbocycles. The Balaban J connectivity index is 1.46. The zero-order chi connectivity index (χ0) is 31.4. The second kappa shape index (κ2) is 16.4. The average Bonchev–Trinajstić information content (AvgIpc) is 3.10. The van der Waals surface area contributed by atoms with Crippen molar-refractivity contribution >= 4 is 0 Å². The van der Waals surface area contributed by atoms with Crippen LogP contribution < -0.4 is 0 Å². The van der Waals surface area contributed by atoms with Crippen molar-refractivity contribution in [1.29, 1.82) is 0 Å². The highest BCUT2D eigenvalue weighted by Crippen LogP contribution is 2.44. The van der Waals surface area contributed by atoms with Gasteiger partial charge in [0.2, 0.25) is 0 Å². The van der Waals surface area contributed by atoms with Gasteiger partial charge in [-0.3, -0.25) is 0 Å². The summed E-state index contributed by atoms with van der Waals surface area (Å²) in [4.78, 5) is 0. The molecule has 0 nitrogen and oxygen atoms in total. The highest BCUT2D eigenvalue weighted by Gasteiger charge is 2.27. The first-order valence-electron chi connectivity index (χ1n) is 17.3. The molecular formula is C45H52. The van der Waals surface area contributed by atoms with Gasteiger partial charge in [0.15, 0.2) is 0 Å². The standard InChI is InChI=1S/C45H52/c1-5-36(39-18-10-6-11-19-39)31-44(41-22-14-8-15-23-41)33-45(42-24-16-9-17-25-42)32-43(40-20-12-7-13-21-40)30-35(4)38-28-26-37(27-29-38)34(2)3/h6-29,34-36,43-45H,5,30-33H2,1-4H3. The lowest BCUT2D eigenvalue weighted by Crippen LogP contribution is -2.15. The van der Waals surface area contributed by atoms with E-state index in [1.54, 1.807) is 0 Å². The Bertz CT molecular complexity index is 1500. The summed E-state index contributed by atoms with van der Waals surface area (Å²) >= 11 is 0. The monoisotopic (exact) mass is 592 g/mol. The van der Waals surface area contributed by atoms with Crippen LogP contribution in [-0.2, 0) is 0 Å². The predicted octanol–water partition coefficient (Wildman–Crippen LogP) is 13.0. The molecule has 0 amide bonds. The van der Waals surface area contributed by atoms with Crippen molar-refractivity contribution in [2.24, 2.45) is 0 Å². The van der Waals surface area contributed by atoms with E-state index in [1.807, 2.05) is 0 Å². The van der Waals surface area contributed by atoms with Crippen LogP contribution in [0.2, 0.25) is 0 Å². The minimum absolute atomic E-state index is 0.463. The largest absolute Gasteiger partial charge is 0.0648 e. The lowest BCUT2D eigenvalue weighted by atomic mass is 9.73. The summed E-state index contributed by atoms with van der Waals surface area (Å²) in [6, 6.07) is 54.6. The lowest BCUT2D eigenvalue weighted by Gasteiger charge is -2.31. The van der Waals surface area contributed by atoms with Gasteiger partial charge in [-0.15, -0.1) is 0 Å². The summed E-state index contributed by atoms with van der Waals surface area (Å²) in [5.41, 5.74) is 8.76. The van der Waals surface area contributed by atoms with Crippen LogP contribution in [0.4, 0.5) is 0 Å². The van der Waals surface area contributed by atoms with E-state index < -0.39 is 0 Å². The summed E-state index contributed by atoms with van der Waals surface area (Å²) in [5, 5.41) is 0. The molecule has 0 spiro atoms. The predicted molar refractivity (Wildman–Crippen MR) is 194 cm³/mol. The third-order valence-electron chi connectivity index (χ3n) is 10.1. The van der Waals surface area contributed by atoms with Gasteiger partial charge in [0.05, 0.1) is 0 Å². The molecule has 0 aliphatic heterocycles. The molecule has 45 heavy (non-hydrogen) atoms. The topological polar surface area (TPSA) is 0 Å². The van der Waals surface area contributed by atoms with Crippen molar-refractivity contribution in [1.82, 2.24) is 0 Å². The van der Waals surface area contributed by atoms with Crippen LogP contribution in [0.5, 0.6) is 0 Å². The number of hydrogen-bond donors (Lipinski definition) is 0. The van der Waals surface area contributed by atoms with Gasteiger partial charge in [0.1, 0.15) is 0 Å². The molecule has 5 aromatic rings. The van der Waals surface area contributed by atoms with Crippen molar-refractivity contribution in [3.63, 3.8) is 0 Å². The normalized spacial score (nSPS) is 14.9. The SMILES string of the molecule is CCC(CC(CC(CC(CC(C)c1ccc(C(C)C)cc1)c1ccccc1)c1ccccc1)c1ccccc1)c1ccccc1. The maximum absolute atomic E-state index is 2.43. The van der Waals surface area contributed by atoms with Crippen LogP contribution in [0, 0.1) is 0 Å². The Morgan fingerprint density at radius 2 is 0.644 bits per heavy atom. The number of hydrogen-bond acceptors (Lipinski definition) is 0. The van der Waals surface area contributed by atoms with Gasteiger partial charge in [-0.25, -0.2) is 0 Å². The molecule has 0 saturated heterocycles. The van der Waals surface area contributed by atoms with Gasteiger partial charge in [-0.1, -0.05) is 173 Å². The fraction of sp³-hybridized carbons (Fsp3) is 0.333. The molecule has 0 aliphatic carbocycles. The maximum Gasteiger partial charge on any atom is -0.0150 e. The quantitative estimate of drug-likeness (QED) is 0.113. The summed E-state index contributed by atoms with van der Waals surface area (Å²) in [5.74, 6) is 3.02. The van der Waals surface area contributed by atoms with E-state index in [1.165, 1.54) is 39.8 Å². The first-order chi connectivity index (χ1) is 22.0. The Morgan fingerprint density at radius 3 is 1.00 bits per heavy atom. The molecule has 232 valence electrons. The Kier molecular flexibility index (Phi) is 11.9. The van der Waals surface area contributed by atoms with Gasteiger partial charge in [0.25, 0.3) is 0 Å². The Hall–Kier alpha value is -3.90. The van der Waals surface area contributed by atoms with E-state index >= 15 is 0 Å². The van der Waals surface area contributed by atoms with Gasteiger partial charge in [0, 0.05) is 0 Å². The second-order valence-corrected chi connectivity index (χ2v) is 13.5. The van der Waals surface area contributed by atoms with Crippen LogP contribution >= 0.6 is 0 Å². The van der Waals surface area contributed by atoms with Crippen molar-refractivity contribution in [3.8, 4) is 0 Å². The molecule has 0 radical (unpaired) electrons. The molecule has 0 N–H and O–H groups in total. The highest BCUT2D eigenvalue weighted by molar-refractivity contribution is 5.30. The summed E-state index contributed by atoms with van der Waals surface area (Å²) in [6.07, 6.45) is 5.77. The van der Waals surface area contributed by atoms with Crippen LogP contribution in [0.15, 0.2) is 146 Å². The van der Waals surface area contributed by atoms with Crippen molar-refractivity contribution in [2.75, 3.05) is 0 Å². The van der Waals surface area contributed by atoms with E-state index in [-0.39, 0.29) is 0 Å². The molecule has 5 unspecified atom stereocenters. The molecule has 0 fully saturated rings. The summed E-state index contributed by atoms with van der Waals surface area (Å²) in [6.45, 7) is 9.34. The summed E-state index contributed by atoms with van der Waals surface area (Å²) < 4.78 is 0. The molecular weight excluding hydrogens is 540 g/mol. The maximum atomic E-state index is 2.43. The molecule has 5 atom stereocenters. The minimum Gasteiger partial charge on any atom is -0.0648 e. The van der Waals surface area contributed by atoms with Gasteiger partial charge in [-0.05, 0) is 101 Å².